The third-order valence-corrected chi connectivity index (χ3v) is 10.1. The minimum atomic E-state index is 0.533. The van der Waals surface area contributed by atoms with Gasteiger partial charge in [0.2, 0.25) is 5.95 Å². The predicted octanol–water partition coefficient (Wildman–Crippen LogP) is 12.0. The van der Waals surface area contributed by atoms with Crippen molar-refractivity contribution in [1.29, 1.82) is 0 Å². The van der Waals surface area contributed by atoms with E-state index >= 15 is 0 Å². The maximum atomic E-state index is 4.69. The molecule has 0 aliphatic rings. The first-order valence-corrected chi connectivity index (χ1v) is 18.7. The Morgan fingerprint density at radius 2 is 0.789 bits per heavy atom. The number of pyridine rings is 2. The highest BCUT2D eigenvalue weighted by Crippen LogP contribution is 2.43. The molecule has 0 atom stereocenters. The van der Waals surface area contributed by atoms with Crippen molar-refractivity contribution in [2.75, 3.05) is 9.80 Å². The van der Waals surface area contributed by atoms with Crippen molar-refractivity contribution in [3.63, 3.8) is 0 Å². The van der Waals surface area contributed by atoms with Crippen molar-refractivity contribution < 1.29 is 0 Å². The standard InChI is InChI=1S/C49H34N8/c1-3-15-37(16-4-1)55(39-19-11-13-35(29-39)45-21-7-9-27-51-45)41-23-25-43-44-26-24-42(32-48(44)57(47(43)31-41)49-53-33-50-34-54-49)56(38-17-5-2-6-18-38)40-20-12-14-36(30-40)46-22-8-10-28-52-46/h1-34H. The Hall–Kier alpha value is -7.97. The molecular weight excluding hydrogens is 701 g/mol. The number of nitrogens with zero attached hydrogens (tertiary/aromatic N) is 8. The topological polar surface area (TPSA) is 75.9 Å². The maximum absolute atomic E-state index is 4.69. The van der Waals surface area contributed by atoms with E-state index in [2.05, 4.69) is 163 Å². The van der Waals surface area contributed by atoms with Gasteiger partial charge in [0.15, 0.2) is 0 Å². The summed E-state index contributed by atoms with van der Waals surface area (Å²) in [5.41, 5.74) is 11.9. The van der Waals surface area contributed by atoms with E-state index in [4.69, 9.17) is 9.97 Å². The van der Waals surface area contributed by atoms with Crippen LogP contribution in [0.3, 0.4) is 0 Å². The van der Waals surface area contributed by atoms with Gasteiger partial charge in [-0.1, -0.05) is 84.9 Å². The van der Waals surface area contributed by atoms with Gasteiger partial charge >= 0.3 is 0 Å². The van der Waals surface area contributed by atoms with Gasteiger partial charge in [-0.2, -0.15) is 0 Å². The van der Waals surface area contributed by atoms with E-state index in [1.54, 1.807) is 12.7 Å². The average molecular weight is 735 g/mol. The third kappa shape index (κ3) is 6.41. The van der Waals surface area contributed by atoms with Crippen LogP contribution in [0.2, 0.25) is 0 Å². The summed E-state index contributed by atoms with van der Waals surface area (Å²) >= 11 is 0. The normalized spacial score (nSPS) is 11.2. The molecule has 4 aromatic heterocycles. The molecule has 6 aromatic carbocycles. The van der Waals surface area contributed by atoms with Gasteiger partial charge in [-0.05, 0) is 97.1 Å². The monoisotopic (exact) mass is 734 g/mol. The van der Waals surface area contributed by atoms with Crippen LogP contribution in [0.5, 0.6) is 0 Å². The number of aromatic nitrogens is 6. The molecule has 8 nitrogen and oxygen atoms in total. The zero-order valence-corrected chi connectivity index (χ0v) is 30.7. The van der Waals surface area contributed by atoms with E-state index in [0.717, 1.165) is 78.4 Å². The highest BCUT2D eigenvalue weighted by atomic mass is 15.2. The summed E-state index contributed by atoms with van der Waals surface area (Å²) in [4.78, 5) is 27.4. The molecule has 57 heavy (non-hydrogen) atoms. The molecule has 10 aromatic rings. The Kier molecular flexibility index (Phi) is 8.66. The highest BCUT2D eigenvalue weighted by molar-refractivity contribution is 6.11. The molecule has 0 aliphatic carbocycles. The van der Waals surface area contributed by atoms with Gasteiger partial charge in [-0.15, -0.1) is 0 Å². The van der Waals surface area contributed by atoms with Crippen molar-refractivity contribution >= 4 is 55.9 Å². The molecule has 0 fully saturated rings. The molecule has 10 rings (SSSR count). The lowest BCUT2D eigenvalue weighted by Gasteiger charge is -2.26. The molecule has 0 bridgehead atoms. The molecule has 0 N–H and O–H groups in total. The quantitative estimate of drug-likeness (QED) is 0.146. The minimum Gasteiger partial charge on any atom is -0.310 e. The van der Waals surface area contributed by atoms with Crippen molar-refractivity contribution in [3.8, 4) is 28.5 Å². The van der Waals surface area contributed by atoms with Gasteiger partial charge in [0.1, 0.15) is 12.7 Å². The van der Waals surface area contributed by atoms with Gasteiger partial charge in [0.05, 0.1) is 22.4 Å². The minimum absolute atomic E-state index is 0.533. The van der Waals surface area contributed by atoms with Crippen molar-refractivity contribution in [2.45, 2.75) is 0 Å². The number of hydrogen-bond acceptors (Lipinski definition) is 7. The van der Waals surface area contributed by atoms with Crippen LogP contribution < -0.4 is 9.80 Å². The van der Waals surface area contributed by atoms with Crippen LogP contribution in [0, 0.1) is 0 Å². The number of rotatable bonds is 9. The Morgan fingerprint density at radius 3 is 1.25 bits per heavy atom. The summed E-state index contributed by atoms with van der Waals surface area (Å²) in [5.74, 6) is 0.533. The second-order valence-corrected chi connectivity index (χ2v) is 13.5. The molecule has 0 saturated carbocycles. The van der Waals surface area contributed by atoms with Crippen LogP contribution in [0.15, 0.2) is 207 Å². The molecule has 0 saturated heterocycles. The fourth-order valence-electron chi connectivity index (χ4n) is 7.56. The third-order valence-electron chi connectivity index (χ3n) is 10.1. The number of benzene rings is 6. The number of anilines is 6. The van der Waals surface area contributed by atoms with Gasteiger partial charge in [-0.25, -0.2) is 15.0 Å². The molecule has 0 unspecified atom stereocenters. The van der Waals surface area contributed by atoms with E-state index in [0.29, 0.717) is 5.95 Å². The zero-order chi connectivity index (χ0) is 38.0. The summed E-state index contributed by atoms with van der Waals surface area (Å²) in [7, 11) is 0. The molecule has 0 amide bonds. The van der Waals surface area contributed by atoms with E-state index < -0.39 is 0 Å². The summed E-state index contributed by atoms with van der Waals surface area (Å²) in [5, 5.41) is 2.17. The second-order valence-electron chi connectivity index (χ2n) is 13.5. The van der Waals surface area contributed by atoms with Crippen molar-refractivity contribution in [3.05, 3.63) is 207 Å². The Balaban J connectivity index is 1.17. The molecule has 8 heteroatoms. The smallest absolute Gasteiger partial charge is 0.237 e. The van der Waals surface area contributed by atoms with Gasteiger partial charge in [0, 0.05) is 68.4 Å². The number of para-hydroxylation sites is 2. The van der Waals surface area contributed by atoms with Gasteiger partial charge in [-0.3, -0.25) is 14.5 Å². The van der Waals surface area contributed by atoms with E-state index in [1.807, 2.05) is 60.9 Å². The first-order chi connectivity index (χ1) is 28.3. The summed E-state index contributed by atoms with van der Waals surface area (Å²) < 4.78 is 2.14. The van der Waals surface area contributed by atoms with E-state index in [1.165, 1.54) is 0 Å². The summed E-state index contributed by atoms with van der Waals surface area (Å²) in [6.07, 6.45) is 6.75. The van der Waals surface area contributed by atoms with Gasteiger partial charge in [0.25, 0.3) is 0 Å². The Morgan fingerprint density at radius 1 is 0.351 bits per heavy atom. The van der Waals surface area contributed by atoms with Crippen LogP contribution in [-0.2, 0) is 0 Å². The first kappa shape index (κ1) is 33.6. The van der Waals surface area contributed by atoms with E-state index in [-0.39, 0.29) is 0 Å². The Labute approximate surface area is 329 Å². The largest absolute Gasteiger partial charge is 0.310 e. The fraction of sp³-hybridized carbons (Fsp3) is 0. The first-order valence-electron chi connectivity index (χ1n) is 18.7. The van der Waals surface area contributed by atoms with Crippen molar-refractivity contribution in [1.82, 2.24) is 29.5 Å². The molecule has 0 spiro atoms. The fourth-order valence-corrected chi connectivity index (χ4v) is 7.56. The zero-order valence-electron chi connectivity index (χ0n) is 30.7. The predicted molar refractivity (Wildman–Crippen MR) is 230 cm³/mol. The molecular formula is C49H34N8. The maximum Gasteiger partial charge on any atom is 0.237 e. The number of hydrogen-bond donors (Lipinski definition) is 0. The van der Waals surface area contributed by atoms with Gasteiger partial charge < -0.3 is 9.80 Å². The van der Waals surface area contributed by atoms with Crippen LogP contribution in [0.25, 0.3) is 50.3 Å². The lowest BCUT2D eigenvalue weighted by atomic mass is 10.1. The van der Waals surface area contributed by atoms with Crippen LogP contribution in [0.4, 0.5) is 34.1 Å². The van der Waals surface area contributed by atoms with E-state index in [9.17, 15) is 0 Å². The van der Waals surface area contributed by atoms with Crippen LogP contribution in [0.1, 0.15) is 0 Å². The second kappa shape index (κ2) is 14.7. The molecule has 4 heterocycles. The average Bonchev–Trinajstić information content (AvgIpc) is 3.61. The summed E-state index contributed by atoms with van der Waals surface area (Å²) in [6, 6.07) is 63.1. The lowest BCUT2D eigenvalue weighted by Crippen LogP contribution is -2.10. The highest BCUT2D eigenvalue weighted by Gasteiger charge is 2.21. The molecule has 0 aliphatic heterocycles. The summed E-state index contributed by atoms with van der Waals surface area (Å²) in [6.45, 7) is 0. The number of fused-ring (bicyclic) bond motifs is 3. The van der Waals surface area contributed by atoms with Crippen LogP contribution >= 0.6 is 0 Å². The van der Waals surface area contributed by atoms with Crippen molar-refractivity contribution in [2.24, 2.45) is 0 Å². The molecule has 270 valence electrons. The lowest BCUT2D eigenvalue weighted by molar-refractivity contribution is 0.939. The Bertz CT molecular complexity index is 2770. The van der Waals surface area contributed by atoms with Crippen LogP contribution in [-0.4, -0.2) is 29.5 Å². The molecule has 0 radical (unpaired) electrons. The SMILES string of the molecule is c1ccc(N(c2cccc(-c3ccccn3)c2)c2ccc3c4ccc(N(c5ccccc5)c5cccc(-c6ccccn6)c5)cc4n(-c4ncncn4)c3c2)cc1.